The Morgan fingerprint density at radius 2 is 2.23 bits per heavy atom. The molecule has 1 fully saturated rings. The molecule has 1 aliphatic rings. The van der Waals surface area contributed by atoms with Crippen molar-refractivity contribution in [2.75, 3.05) is 25.4 Å². The minimum atomic E-state index is -2.85. The lowest BCUT2D eigenvalue weighted by molar-refractivity contribution is -0.131. The van der Waals surface area contributed by atoms with Gasteiger partial charge >= 0.3 is 0 Å². The molecule has 184 valence electrons. The zero-order chi connectivity index (χ0) is 27.2. The Labute approximate surface area is 201 Å². The van der Waals surface area contributed by atoms with Crippen LogP contribution < -0.4 is 10.1 Å². The van der Waals surface area contributed by atoms with Crippen LogP contribution in [0.3, 0.4) is 0 Å². The number of carbonyl (C=O) groups excluding carboxylic acids is 1. The molecule has 0 bridgehead atoms. The fourth-order valence-electron chi connectivity index (χ4n) is 4.27. The summed E-state index contributed by atoms with van der Waals surface area (Å²) in [5.74, 6) is -0.556. The number of ether oxygens (including phenoxy) is 1. The molecular weight excluding hydrogens is 465 g/mol. The molecule has 13 heteroatoms. The second-order valence-electron chi connectivity index (χ2n) is 8.25. The van der Waals surface area contributed by atoms with Crippen LogP contribution in [0.1, 0.15) is 17.5 Å². The molecule has 0 aliphatic carbocycles. The number of hydrogen-bond donors (Lipinski definition) is 1. The summed E-state index contributed by atoms with van der Waals surface area (Å²) in [7, 11) is -2.85. The van der Waals surface area contributed by atoms with Gasteiger partial charge in [0.1, 0.15) is 23.7 Å². The van der Waals surface area contributed by atoms with Gasteiger partial charge in [-0.25, -0.2) is 22.4 Å². The Morgan fingerprint density at radius 1 is 1.37 bits per heavy atom. The van der Waals surface area contributed by atoms with Gasteiger partial charge in [-0.1, -0.05) is 11.3 Å². The number of nitrogens with one attached hydrogen (secondary N) is 1. The third-order valence-corrected chi connectivity index (χ3v) is 6.01. The second-order valence-corrected chi connectivity index (χ2v) is 8.25. The van der Waals surface area contributed by atoms with E-state index in [1.807, 2.05) is 0 Å². The van der Waals surface area contributed by atoms with Crippen molar-refractivity contribution in [1.82, 2.24) is 34.5 Å². The van der Waals surface area contributed by atoms with E-state index in [0.717, 1.165) is 4.68 Å². The summed E-state index contributed by atoms with van der Waals surface area (Å²) in [6.07, 6.45) is -2.17. The highest BCUT2D eigenvalue weighted by Crippen LogP contribution is 2.33. The molecule has 1 saturated heterocycles. The van der Waals surface area contributed by atoms with Gasteiger partial charge in [0.25, 0.3) is 6.43 Å². The quantitative estimate of drug-likeness (QED) is 0.443. The summed E-state index contributed by atoms with van der Waals surface area (Å²) in [4.78, 5) is 17.2. The number of hydrogen-bond acceptors (Lipinski definition) is 7. The molecule has 5 rings (SSSR count). The lowest BCUT2D eigenvalue weighted by Crippen LogP contribution is -2.49. The zero-order valence-electron chi connectivity index (χ0n) is 21.5. The van der Waals surface area contributed by atoms with E-state index in [0.29, 0.717) is 35.1 Å². The number of likely N-dealkylation sites (tertiary alicyclic amines) is 1. The van der Waals surface area contributed by atoms with Crippen molar-refractivity contribution in [3.63, 3.8) is 0 Å². The summed E-state index contributed by atoms with van der Waals surface area (Å²) >= 11 is 0. The van der Waals surface area contributed by atoms with E-state index in [4.69, 9.17) is 8.85 Å². The smallest absolute Gasteiger partial charge is 0.258 e. The maximum Gasteiger partial charge on any atom is 0.258 e. The predicted molar refractivity (Wildman–Crippen MR) is 121 cm³/mol. The zero-order valence-corrected chi connectivity index (χ0v) is 18.5. The minimum Gasteiger partial charge on any atom is -0.479 e. The normalized spacial score (nSPS) is 20.1. The number of fused-ring (bicyclic) bond motifs is 2. The van der Waals surface area contributed by atoms with Crippen molar-refractivity contribution in [3.05, 3.63) is 30.5 Å². The van der Waals surface area contributed by atoms with Crippen molar-refractivity contribution in [3.8, 4) is 17.0 Å². The lowest BCUT2D eigenvalue weighted by Gasteiger charge is -2.34. The highest BCUT2D eigenvalue weighted by molar-refractivity contribution is 5.89. The number of piperidine rings is 1. The first kappa shape index (κ1) is 19.4. The first-order valence-electron chi connectivity index (χ1n) is 12.3. The number of anilines is 1. The van der Waals surface area contributed by atoms with Crippen molar-refractivity contribution in [2.45, 2.75) is 38.5 Å². The van der Waals surface area contributed by atoms with Crippen LogP contribution in [0.4, 0.5) is 19.1 Å². The van der Waals surface area contributed by atoms with Gasteiger partial charge in [-0.05, 0) is 30.2 Å². The number of alkyl halides is 3. The Kier molecular flexibility index (Phi) is 5.01. The van der Waals surface area contributed by atoms with Gasteiger partial charge in [-0.3, -0.25) is 4.79 Å². The van der Waals surface area contributed by atoms with Gasteiger partial charge in [0.15, 0.2) is 0 Å². The number of carbonyl (C=O) groups is 1. The maximum atomic E-state index is 14.8. The highest BCUT2D eigenvalue weighted by atomic mass is 19.3. The van der Waals surface area contributed by atoms with E-state index in [1.165, 1.54) is 16.3 Å². The van der Waals surface area contributed by atoms with Crippen LogP contribution in [0, 0.1) is 0 Å². The molecule has 3 aromatic heterocycles. The number of aromatic nitrogens is 6. The molecule has 2 atom stereocenters. The molecule has 1 aliphatic heterocycles. The van der Waals surface area contributed by atoms with Crippen molar-refractivity contribution >= 4 is 28.4 Å². The maximum absolute atomic E-state index is 14.8. The summed E-state index contributed by atoms with van der Waals surface area (Å²) in [6, 6.07) is 5.84. The minimum absolute atomic E-state index is 0.0579. The van der Waals surface area contributed by atoms with E-state index in [9.17, 15) is 18.0 Å². The topological polar surface area (TPSA) is 102 Å². The standard InChI is InChI=1S/C22H23F3N8O2/c1-12(34)31-7-6-16(15(23)10-31)26-22-27-21(35-2)20-14(5-8-32(20)29-22)13-3-4-17-18(9-13)33(30-28-17)11-19(24)25/h3-5,8-9,15-16,19H,6-7,10-11H2,1-2H3,(H,26,29)/t15-,16+/m1/s1/i2D3. The number of benzene rings is 1. The highest BCUT2D eigenvalue weighted by Gasteiger charge is 2.31. The number of amides is 1. The van der Waals surface area contributed by atoms with Crippen LogP contribution in [0.2, 0.25) is 0 Å². The van der Waals surface area contributed by atoms with Crippen molar-refractivity contribution < 1.29 is 26.8 Å². The molecule has 4 heterocycles. The fraction of sp³-hybridized carbons (Fsp3) is 0.409. The third kappa shape index (κ3) is 4.33. The van der Waals surface area contributed by atoms with Crippen LogP contribution >= 0.6 is 0 Å². The molecule has 10 nitrogen and oxygen atoms in total. The molecule has 0 unspecified atom stereocenters. The van der Waals surface area contributed by atoms with Crippen LogP contribution in [-0.4, -0.2) is 79.2 Å². The molecule has 0 radical (unpaired) electrons. The van der Waals surface area contributed by atoms with E-state index < -0.39 is 32.2 Å². The molecule has 1 N–H and O–H groups in total. The predicted octanol–water partition coefficient (Wildman–Crippen LogP) is 2.79. The Balaban J connectivity index is 1.53. The van der Waals surface area contributed by atoms with Crippen molar-refractivity contribution in [1.29, 1.82) is 0 Å². The fourth-order valence-corrected chi connectivity index (χ4v) is 4.27. The van der Waals surface area contributed by atoms with E-state index in [-0.39, 0.29) is 29.8 Å². The average molecular weight is 491 g/mol. The van der Waals surface area contributed by atoms with E-state index >= 15 is 0 Å². The Bertz CT molecular complexity index is 1490. The summed E-state index contributed by atoms with van der Waals surface area (Å²) in [6.45, 7) is 1.01. The average Bonchev–Trinajstić information content (AvgIpc) is 3.43. The number of methoxy groups -OCH3 is 1. The molecule has 1 amide bonds. The van der Waals surface area contributed by atoms with Gasteiger partial charge in [0.05, 0.1) is 29.3 Å². The van der Waals surface area contributed by atoms with Gasteiger partial charge in [0, 0.05) is 25.2 Å². The van der Waals surface area contributed by atoms with E-state index in [1.54, 1.807) is 30.5 Å². The Hall–Kier alpha value is -3.90. The van der Waals surface area contributed by atoms with Gasteiger partial charge in [0.2, 0.25) is 17.7 Å². The molecule has 0 spiro atoms. The van der Waals surface area contributed by atoms with Crippen molar-refractivity contribution in [2.24, 2.45) is 0 Å². The summed E-state index contributed by atoms with van der Waals surface area (Å²) in [5.41, 5.74) is 2.00. The molecule has 1 aromatic carbocycles. The van der Waals surface area contributed by atoms with E-state index in [2.05, 4.69) is 25.7 Å². The van der Waals surface area contributed by atoms with Gasteiger partial charge in [-0.2, -0.15) is 4.98 Å². The first-order chi connectivity index (χ1) is 18.0. The van der Waals surface area contributed by atoms with Crippen LogP contribution in [0.5, 0.6) is 5.88 Å². The molecule has 0 saturated carbocycles. The molecule has 35 heavy (non-hydrogen) atoms. The van der Waals surface area contributed by atoms with Crippen LogP contribution in [0.25, 0.3) is 27.7 Å². The first-order valence-corrected chi connectivity index (χ1v) is 10.8. The summed E-state index contributed by atoms with van der Waals surface area (Å²) < 4.78 is 71.2. The summed E-state index contributed by atoms with van der Waals surface area (Å²) in [5, 5.41) is 14.9. The SMILES string of the molecule is [2H]C([2H])([2H])Oc1nc(N[C@H]2CCN(C(C)=O)C[C@H]2F)nn2ccc(-c3ccc4nnn(CC(F)F)c4c3)c12. The number of rotatable bonds is 6. The Morgan fingerprint density at radius 3 is 2.97 bits per heavy atom. The van der Waals surface area contributed by atoms with Gasteiger partial charge < -0.3 is 15.0 Å². The molecular formula is C22H23F3N8O2. The van der Waals surface area contributed by atoms with Crippen LogP contribution in [-0.2, 0) is 11.3 Å². The number of halogens is 3. The van der Waals surface area contributed by atoms with Gasteiger partial charge in [-0.15, -0.1) is 10.2 Å². The monoisotopic (exact) mass is 491 g/mol. The van der Waals surface area contributed by atoms with Crippen LogP contribution in [0.15, 0.2) is 30.5 Å². The largest absolute Gasteiger partial charge is 0.479 e. The molecule has 4 aromatic rings. The second kappa shape index (κ2) is 9.04. The lowest BCUT2D eigenvalue weighted by atomic mass is 10.0. The third-order valence-electron chi connectivity index (χ3n) is 6.01. The number of nitrogens with zero attached hydrogens (tertiary/aromatic N) is 7.